The molecule has 1 amide bonds. The number of nitrogens with zero attached hydrogens (tertiary/aromatic N) is 1. The van der Waals surface area contributed by atoms with Crippen molar-refractivity contribution in [2.24, 2.45) is 0 Å². The first-order chi connectivity index (χ1) is 16.3. The van der Waals surface area contributed by atoms with E-state index in [-0.39, 0.29) is 16.1 Å². The standard InChI is InChI=1S/C24H25N3O5S2/c1-3-27-13-12-19-20(15-27)33-23(21(19)24(29)32-2)25-22(28)16-8-7-9-17(14-16)26-34(30,31)18-10-5-4-6-11-18/h4-11,14,26H,3,12-13,15H2,1-2H3,(H,25,28). The monoisotopic (exact) mass is 499 g/mol. The molecular formula is C24H25N3O5S2. The fourth-order valence-corrected chi connectivity index (χ4v) is 6.19. The van der Waals surface area contributed by atoms with Crippen LogP contribution in [0.5, 0.6) is 0 Å². The number of nitrogens with one attached hydrogen (secondary N) is 2. The zero-order valence-electron chi connectivity index (χ0n) is 18.8. The Morgan fingerprint density at radius 2 is 1.88 bits per heavy atom. The average Bonchev–Trinajstić information content (AvgIpc) is 3.20. The summed E-state index contributed by atoms with van der Waals surface area (Å²) in [6, 6.07) is 14.2. The molecule has 3 aromatic rings. The molecule has 1 aromatic heterocycles. The van der Waals surface area contributed by atoms with E-state index in [0.717, 1.165) is 23.5 Å². The van der Waals surface area contributed by atoms with Gasteiger partial charge in [-0.2, -0.15) is 0 Å². The summed E-state index contributed by atoms with van der Waals surface area (Å²) < 4.78 is 32.7. The third-order valence-electron chi connectivity index (χ3n) is 5.63. The smallest absolute Gasteiger partial charge is 0.341 e. The summed E-state index contributed by atoms with van der Waals surface area (Å²) in [5.74, 6) is -0.932. The van der Waals surface area contributed by atoms with E-state index in [2.05, 4.69) is 21.9 Å². The summed E-state index contributed by atoms with van der Waals surface area (Å²) in [5, 5.41) is 3.28. The number of sulfonamides is 1. The van der Waals surface area contributed by atoms with E-state index >= 15 is 0 Å². The molecule has 0 saturated carbocycles. The predicted molar refractivity (Wildman–Crippen MR) is 132 cm³/mol. The first kappa shape index (κ1) is 23.9. The van der Waals surface area contributed by atoms with Crippen LogP contribution in [0, 0.1) is 0 Å². The lowest BCUT2D eigenvalue weighted by atomic mass is 10.0. The highest BCUT2D eigenvalue weighted by Gasteiger charge is 2.29. The molecule has 0 atom stereocenters. The van der Waals surface area contributed by atoms with Crippen molar-refractivity contribution < 1.29 is 22.7 Å². The third kappa shape index (κ3) is 4.98. The Bertz CT molecular complexity index is 1320. The number of hydrogen-bond donors (Lipinski definition) is 2. The Morgan fingerprint density at radius 1 is 1.12 bits per heavy atom. The van der Waals surface area contributed by atoms with E-state index in [9.17, 15) is 18.0 Å². The van der Waals surface area contributed by atoms with Gasteiger partial charge in [0.05, 0.1) is 17.6 Å². The molecule has 178 valence electrons. The van der Waals surface area contributed by atoms with Gasteiger partial charge >= 0.3 is 5.97 Å². The minimum absolute atomic E-state index is 0.123. The van der Waals surface area contributed by atoms with E-state index in [0.29, 0.717) is 23.5 Å². The van der Waals surface area contributed by atoms with Crippen molar-refractivity contribution in [3.05, 3.63) is 76.2 Å². The Morgan fingerprint density at radius 3 is 2.59 bits per heavy atom. The van der Waals surface area contributed by atoms with Gasteiger partial charge in [0.2, 0.25) is 0 Å². The Labute approximate surface area is 202 Å². The molecule has 1 aliphatic rings. The fraction of sp³-hybridized carbons (Fsp3) is 0.250. The van der Waals surface area contributed by atoms with Crippen LogP contribution < -0.4 is 10.0 Å². The predicted octanol–water partition coefficient (Wildman–Crippen LogP) is 3.97. The van der Waals surface area contributed by atoms with E-state index < -0.39 is 21.9 Å². The summed E-state index contributed by atoms with van der Waals surface area (Å²) >= 11 is 1.37. The van der Waals surface area contributed by atoms with Crippen LogP contribution in [0.3, 0.4) is 0 Å². The molecule has 0 fully saturated rings. The third-order valence-corrected chi connectivity index (χ3v) is 8.16. The van der Waals surface area contributed by atoms with Gasteiger partial charge in [0.25, 0.3) is 15.9 Å². The highest BCUT2D eigenvalue weighted by atomic mass is 32.2. The first-order valence-corrected chi connectivity index (χ1v) is 13.1. The molecule has 0 unspecified atom stereocenters. The number of anilines is 2. The number of ether oxygens (including phenoxy) is 1. The largest absolute Gasteiger partial charge is 0.465 e. The summed E-state index contributed by atoms with van der Waals surface area (Å²) in [4.78, 5) is 29.0. The van der Waals surface area contributed by atoms with Gasteiger partial charge in [-0.05, 0) is 48.9 Å². The molecule has 1 aliphatic heterocycles. The Kier molecular flexibility index (Phi) is 7.01. The number of rotatable bonds is 7. The van der Waals surface area contributed by atoms with E-state index in [1.807, 2.05) is 0 Å². The van der Waals surface area contributed by atoms with Gasteiger partial charge in [-0.1, -0.05) is 31.2 Å². The van der Waals surface area contributed by atoms with Gasteiger partial charge < -0.3 is 10.1 Å². The highest BCUT2D eigenvalue weighted by Crippen LogP contribution is 2.38. The van der Waals surface area contributed by atoms with Gasteiger partial charge in [-0.15, -0.1) is 11.3 Å². The minimum atomic E-state index is -3.79. The molecular weight excluding hydrogens is 474 g/mol. The number of esters is 1. The van der Waals surface area contributed by atoms with Crippen molar-refractivity contribution in [1.29, 1.82) is 0 Å². The second-order valence-corrected chi connectivity index (χ2v) is 10.6. The lowest BCUT2D eigenvalue weighted by Crippen LogP contribution is -2.29. The van der Waals surface area contributed by atoms with Crippen LogP contribution in [0.25, 0.3) is 0 Å². The van der Waals surface area contributed by atoms with Gasteiger partial charge in [0, 0.05) is 29.2 Å². The molecule has 2 N–H and O–H groups in total. The summed E-state index contributed by atoms with van der Waals surface area (Å²) in [7, 11) is -2.47. The molecule has 0 saturated heterocycles. The van der Waals surface area contributed by atoms with Crippen molar-refractivity contribution in [3.63, 3.8) is 0 Å². The second kappa shape index (κ2) is 9.96. The van der Waals surface area contributed by atoms with E-state index in [4.69, 9.17) is 4.74 Å². The number of methoxy groups -OCH3 is 1. The van der Waals surface area contributed by atoms with E-state index in [1.54, 1.807) is 36.4 Å². The van der Waals surface area contributed by atoms with Crippen molar-refractivity contribution in [1.82, 2.24) is 4.90 Å². The number of benzene rings is 2. The second-order valence-electron chi connectivity index (χ2n) is 7.77. The molecule has 0 aliphatic carbocycles. The Balaban J connectivity index is 1.58. The number of hydrogen-bond acceptors (Lipinski definition) is 7. The average molecular weight is 500 g/mol. The van der Waals surface area contributed by atoms with Gasteiger partial charge in [0.15, 0.2) is 0 Å². The van der Waals surface area contributed by atoms with Crippen molar-refractivity contribution >= 4 is 43.9 Å². The molecule has 0 radical (unpaired) electrons. The number of thiophene rings is 1. The Hall–Kier alpha value is -3.21. The van der Waals surface area contributed by atoms with Gasteiger partial charge in [-0.3, -0.25) is 14.4 Å². The van der Waals surface area contributed by atoms with Gasteiger partial charge in [-0.25, -0.2) is 13.2 Å². The zero-order chi connectivity index (χ0) is 24.3. The molecule has 4 rings (SSSR count). The normalized spacial score (nSPS) is 13.7. The topological polar surface area (TPSA) is 105 Å². The van der Waals surface area contributed by atoms with Crippen LogP contribution in [0.2, 0.25) is 0 Å². The molecule has 2 aromatic carbocycles. The highest BCUT2D eigenvalue weighted by molar-refractivity contribution is 7.92. The van der Waals surface area contributed by atoms with Crippen LogP contribution in [-0.4, -0.2) is 45.4 Å². The van der Waals surface area contributed by atoms with Crippen molar-refractivity contribution in [2.75, 3.05) is 30.2 Å². The molecule has 2 heterocycles. The maximum Gasteiger partial charge on any atom is 0.341 e. The lowest BCUT2D eigenvalue weighted by Gasteiger charge is -2.25. The van der Waals surface area contributed by atoms with Crippen LogP contribution >= 0.6 is 11.3 Å². The van der Waals surface area contributed by atoms with E-state index in [1.165, 1.54) is 36.6 Å². The first-order valence-electron chi connectivity index (χ1n) is 10.8. The van der Waals surface area contributed by atoms with Gasteiger partial charge in [0.1, 0.15) is 5.00 Å². The van der Waals surface area contributed by atoms with Crippen LogP contribution in [-0.2, 0) is 27.7 Å². The number of carbonyl (C=O) groups is 2. The SMILES string of the molecule is CCN1CCc2c(sc(NC(=O)c3cccc(NS(=O)(=O)c4ccccc4)c3)c2C(=O)OC)C1. The lowest BCUT2D eigenvalue weighted by molar-refractivity contribution is 0.0600. The number of likely N-dealkylation sites (N-methyl/N-ethyl adjacent to an activating group) is 1. The number of fused-ring (bicyclic) bond motifs is 1. The number of amides is 1. The fourth-order valence-electron chi connectivity index (χ4n) is 3.85. The maximum atomic E-state index is 13.1. The summed E-state index contributed by atoms with van der Waals surface area (Å²) in [5.41, 5.74) is 1.83. The molecule has 10 heteroatoms. The van der Waals surface area contributed by atoms with Crippen LogP contribution in [0.1, 0.15) is 38.1 Å². The quantitative estimate of drug-likeness (QED) is 0.477. The summed E-state index contributed by atoms with van der Waals surface area (Å²) in [6.45, 7) is 4.54. The molecule has 8 nitrogen and oxygen atoms in total. The summed E-state index contributed by atoms with van der Waals surface area (Å²) in [6.07, 6.45) is 0.705. The molecule has 0 spiro atoms. The van der Waals surface area contributed by atoms with Crippen LogP contribution in [0.15, 0.2) is 59.5 Å². The molecule has 34 heavy (non-hydrogen) atoms. The van der Waals surface area contributed by atoms with Crippen molar-refractivity contribution in [2.45, 2.75) is 24.8 Å². The molecule has 0 bridgehead atoms. The van der Waals surface area contributed by atoms with Crippen LogP contribution in [0.4, 0.5) is 10.7 Å². The minimum Gasteiger partial charge on any atom is -0.465 e. The number of carbonyl (C=O) groups excluding carboxylic acids is 2. The maximum absolute atomic E-state index is 13.1. The zero-order valence-corrected chi connectivity index (χ0v) is 20.5. The van der Waals surface area contributed by atoms with Crippen molar-refractivity contribution in [3.8, 4) is 0 Å².